The van der Waals surface area contributed by atoms with Gasteiger partial charge in [-0.3, -0.25) is 9.59 Å². The summed E-state index contributed by atoms with van der Waals surface area (Å²) in [6.45, 7) is 1.79. The van der Waals surface area contributed by atoms with Crippen molar-refractivity contribution in [2.75, 3.05) is 13.1 Å². The Bertz CT molecular complexity index is 1300. The maximum atomic E-state index is 12.9. The Hall–Kier alpha value is -3.81. The minimum absolute atomic E-state index is 0.0170. The van der Waals surface area contributed by atoms with Gasteiger partial charge < -0.3 is 9.88 Å². The molecule has 1 aliphatic heterocycles. The fourth-order valence-electron chi connectivity index (χ4n) is 4.42. The van der Waals surface area contributed by atoms with E-state index in [0.29, 0.717) is 31.0 Å². The molecule has 0 aliphatic carbocycles. The van der Waals surface area contributed by atoms with Gasteiger partial charge >= 0.3 is 0 Å². The van der Waals surface area contributed by atoms with Crippen molar-refractivity contribution in [3.05, 3.63) is 88.0 Å². The van der Waals surface area contributed by atoms with Crippen LogP contribution in [0.2, 0.25) is 0 Å². The molecule has 0 unspecified atom stereocenters. The van der Waals surface area contributed by atoms with Gasteiger partial charge in [0.15, 0.2) is 11.2 Å². The second kappa shape index (κ2) is 9.36. The van der Waals surface area contributed by atoms with E-state index in [2.05, 4.69) is 15.3 Å². The van der Waals surface area contributed by atoms with E-state index in [0.717, 1.165) is 36.9 Å². The fraction of sp³-hybridized carbons (Fsp3) is 0.320. The number of hydrogen-bond donors (Lipinski definition) is 1. The summed E-state index contributed by atoms with van der Waals surface area (Å²) in [5.74, 6) is 0.726. The lowest BCUT2D eigenvalue weighted by molar-refractivity contribution is -0.132. The Morgan fingerprint density at radius 3 is 2.52 bits per heavy atom. The van der Waals surface area contributed by atoms with Gasteiger partial charge in [0, 0.05) is 25.4 Å². The molecule has 0 saturated carbocycles. The summed E-state index contributed by atoms with van der Waals surface area (Å²) in [7, 11) is 0. The Kier molecular flexibility index (Phi) is 5.97. The van der Waals surface area contributed by atoms with E-state index < -0.39 is 0 Å². The maximum Gasteiger partial charge on any atom is 0.281 e. The molecule has 0 spiro atoms. The lowest BCUT2D eigenvalue weighted by atomic mass is 9.96. The summed E-state index contributed by atoms with van der Waals surface area (Å²) >= 11 is 0. The molecule has 1 aliphatic rings. The number of likely N-dealkylation sites (tertiary alicyclic amines) is 1. The third-order valence-electron chi connectivity index (χ3n) is 6.20. The van der Waals surface area contributed by atoms with Crippen LogP contribution in [0.3, 0.4) is 0 Å². The van der Waals surface area contributed by atoms with Crippen molar-refractivity contribution >= 4 is 17.1 Å². The standard InChI is InChI=1S/C25H26N6O2/c32-21(14-13-18-8-3-1-4-9-18)30-15-7-12-20(17-30)23-26-24-22(25(33)27-23)28-29-31(24)16-19-10-5-2-6-11-19/h1-6,8-11,20H,7,12-17H2,(H,26,27,33)/t20-/m0/s1. The molecule has 4 aromatic rings. The van der Waals surface area contributed by atoms with Crippen LogP contribution < -0.4 is 5.56 Å². The SMILES string of the molecule is O=C(CCc1ccccc1)N1CCC[C@H](c2nc3c(nnn3Cc3ccccc3)c(=O)[nH]2)C1. The van der Waals surface area contributed by atoms with Gasteiger partial charge in [0.1, 0.15) is 5.82 Å². The molecule has 8 heteroatoms. The molecule has 1 saturated heterocycles. The lowest BCUT2D eigenvalue weighted by Gasteiger charge is -2.32. The predicted octanol–water partition coefficient (Wildman–Crippen LogP) is 2.90. The number of amides is 1. The van der Waals surface area contributed by atoms with E-state index in [1.165, 1.54) is 0 Å². The Balaban J connectivity index is 1.33. The van der Waals surface area contributed by atoms with Crippen LogP contribution in [0.5, 0.6) is 0 Å². The largest absolute Gasteiger partial charge is 0.342 e. The molecule has 2 aromatic carbocycles. The van der Waals surface area contributed by atoms with Gasteiger partial charge in [-0.25, -0.2) is 9.67 Å². The first-order valence-electron chi connectivity index (χ1n) is 11.4. The quantitative estimate of drug-likeness (QED) is 0.495. The average Bonchev–Trinajstić information content (AvgIpc) is 3.27. The van der Waals surface area contributed by atoms with Gasteiger partial charge in [-0.1, -0.05) is 65.9 Å². The zero-order valence-corrected chi connectivity index (χ0v) is 18.4. The molecule has 5 rings (SSSR count). The second-order valence-electron chi connectivity index (χ2n) is 8.52. The summed E-state index contributed by atoms with van der Waals surface area (Å²) in [5, 5.41) is 8.19. The number of nitrogens with zero attached hydrogens (tertiary/aromatic N) is 5. The first kappa shape index (κ1) is 21.1. The molecule has 2 aromatic heterocycles. The van der Waals surface area contributed by atoms with Crippen LogP contribution in [-0.4, -0.2) is 48.9 Å². The smallest absolute Gasteiger partial charge is 0.281 e. The molecule has 3 heterocycles. The minimum Gasteiger partial charge on any atom is -0.342 e. The molecular formula is C25H26N6O2. The Morgan fingerprint density at radius 2 is 1.76 bits per heavy atom. The van der Waals surface area contributed by atoms with Gasteiger partial charge in [0.2, 0.25) is 5.91 Å². The molecule has 8 nitrogen and oxygen atoms in total. The third-order valence-corrected chi connectivity index (χ3v) is 6.20. The number of aryl methyl sites for hydroxylation is 1. The molecule has 0 radical (unpaired) electrons. The highest BCUT2D eigenvalue weighted by atomic mass is 16.2. The summed E-state index contributed by atoms with van der Waals surface area (Å²) in [6.07, 6.45) is 2.96. The number of hydrogen-bond acceptors (Lipinski definition) is 5. The number of aromatic amines is 1. The second-order valence-corrected chi connectivity index (χ2v) is 8.52. The van der Waals surface area contributed by atoms with Crippen LogP contribution in [0.1, 0.15) is 42.1 Å². The lowest BCUT2D eigenvalue weighted by Crippen LogP contribution is -2.40. The number of benzene rings is 2. The fourth-order valence-corrected chi connectivity index (χ4v) is 4.42. The number of piperidine rings is 1. The monoisotopic (exact) mass is 442 g/mol. The van der Waals surface area contributed by atoms with Crippen LogP contribution in [0, 0.1) is 0 Å². The topological polar surface area (TPSA) is 96.8 Å². The summed E-state index contributed by atoms with van der Waals surface area (Å²) in [6, 6.07) is 19.9. The number of rotatable bonds is 6. The van der Waals surface area contributed by atoms with Crippen molar-refractivity contribution < 1.29 is 4.79 Å². The Labute approximate surface area is 191 Å². The van der Waals surface area contributed by atoms with E-state index in [1.54, 1.807) is 4.68 Å². The van der Waals surface area contributed by atoms with E-state index >= 15 is 0 Å². The van der Waals surface area contributed by atoms with Crippen LogP contribution in [0.25, 0.3) is 11.2 Å². The first-order chi connectivity index (χ1) is 16.2. The van der Waals surface area contributed by atoms with Gasteiger partial charge in [0.25, 0.3) is 5.56 Å². The normalized spacial score (nSPS) is 16.2. The maximum absolute atomic E-state index is 12.9. The highest BCUT2D eigenvalue weighted by molar-refractivity contribution is 5.76. The molecule has 1 amide bonds. The van der Waals surface area contributed by atoms with Gasteiger partial charge in [-0.15, -0.1) is 5.10 Å². The number of nitrogens with one attached hydrogen (secondary N) is 1. The van der Waals surface area contributed by atoms with Crippen LogP contribution in [0.4, 0.5) is 0 Å². The zero-order valence-electron chi connectivity index (χ0n) is 18.4. The van der Waals surface area contributed by atoms with Crippen molar-refractivity contribution in [3.8, 4) is 0 Å². The van der Waals surface area contributed by atoms with Crippen molar-refractivity contribution in [3.63, 3.8) is 0 Å². The zero-order chi connectivity index (χ0) is 22.6. The van der Waals surface area contributed by atoms with E-state index in [4.69, 9.17) is 4.98 Å². The van der Waals surface area contributed by atoms with E-state index in [9.17, 15) is 9.59 Å². The minimum atomic E-state index is -0.290. The van der Waals surface area contributed by atoms with Crippen molar-refractivity contribution in [2.45, 2.75) is 38.1 Å². The first-order valence-corrected chi connectivity index (χ1v) is 11.4. The van der Waals surface area contributed by atoms with E-state index in [-0.39, 0.29) is 22.9 Å². The van der Waals surface area contributed by atoms with Crippen LogP contribution in [0.15, 0.2) is 65.5 Å². The molecule has 1 fully saturated rings. The number of aromatic nitrogens is 5. The van der Waals surface area contributed by atoms with Crippen molar-refractivity contribution in [1.29, 1.82) is 0 Å². The molecule has 1 atom stereocenters. The van der Waals surface area contributed by atoms with E-state index in [1.807, 2.05) is 65.6 Å². The molecule has 168 valence electrons. The number of H-pyrrole nitrogens is 1. The number of carbonyl (C=O) groups is 1. The van der Waals surface area contributed by atoms with Crippen LogP contribution >= 0.6 is 0 Å². The predicted molar refractivity (Wildman–Crippen MR) is 125 cm³/mol. The number of carbonyl (C=O) groups excluding carboxylic acids is 1. The average molecular weight is 443 g/mol. The molecule has 33 heavy (non-hydrogen) atoms. The highest BCUT2D eigenvalue weighted by Gasteiger charge is 2.27. The van der Waals surface area contributed by atoms with Gasteiger partial charge in [-0.2, -0.15) is 0 Å². The highest BCUT2D eigenvalue weighted by Crippen LogP contribution is 2.25. The molecular weight excluding hydrogens is 416 g/mol. The van der Waals surface area contributed by atoms with Crippen molar-refractivity contribution in [2.24, 2.45) is 0 Å². The van der Waals surface area contributed by atoms with Gasteiger partial charge in [-0.05, 0) is 30.4 Å². The van der Waals surface area contributed by atoms with Crippen LogP contribution in [-0.2, 0) is 17.8 Å². The number of fused-ring (bicyclic) bond motifs is 1. The summed E-state index contributed by atoms with van der Waals surface area (Å²) in [5.41, 5.74) is 2.64. The molecule has 0 bridgehead atoms. The summed E-state index contributed by atoms with van der Waals surface area (Å²) < 4.78 is 1.66. The molecule has 1 N–H and O–H groups in total. The Morgan fingerprint density at radius 1 is 1.03 bits per heavy atom. The summed E-state index contributed by atoms with van der Waals surface area (Å²) in [4.78, 5) is 35.1. The van der Waals surface area contributed by atoms with Gasteiger partial charge in [0.05, 0.1) is 6.54 Å². The van der Waals surface area contributed by atoms with Crippen molar-refractivity contribution in [1.82, 2.24) is 29.9 Å². The third kappa shape index (κ3) is 4.69.